The summed E-state index contributed by atoms with van der Waals surface area (Å²) in [5.41, 5.74) is 1.36. The van der Waals surface area contributed by atoms with Crippen LogP contribution in [0.5, 0.6) is 5.75 Å². The molecule has 0 radical (unpaired) electrons. The third-order valence-corrected chi connectivity index (χ3v) is 3.99. The lowest BCUT2D eigenvalue weighted by atomic mass is 10.1. The van der Waals surface area contributed by atoms with Crippen LogP contribution in [0.3, 0.4) is 0 Å². The Morgan fingerprint density at radius 3 is 2.89 bits per heavy atom. The van der Waals surface area contributed by atoms with Crippen LogP contribution >= 0.6 is 12.4 Å². The lowest BCUT2D eigenvalue weighted by molar-refractivity contribution is 0.217. The Labute approximate surface area is 115 Å². The van der Waals surface area contributed by atoms with E-state index in [-0.39, 0.29) is 12.4 Å². The Kier molecular flexibility index (Phi) is 4.46. The second kappa shape index (κ2) is 5.89. The van der Waals surface area contributed by atoms with Crippen LogP contribution < -0.4 is 10.1 Å². The van der Waals surface area contributed by atoms with Crippen molar-refractivity contribution >= 4 is 12.4 Å². The first kappa shape index (κ1) is 13.6. The summed E-state index contributed by atoms with van der Waals surface area (Å²) in [6.07, 6.45) is 7.65. The van der Waals surface area contributed by atoms with E-state index in [0.717, 1.165) is 30.7 Å². The topological polar surface area (TPSA) is 34.1 Å². The molecule has 1 N–H and O–H groups in total. The lowest BCUT2D eigenvalue weighted by Crippen LogP contribution is -2.46. The number of aromatic nitrogens is 1. The van der Waals surface area contributed by atoms with Crippen molar-refractivity contribution in [2.75, 3.05) is 13.2 Å². The number of ether oxygens (including phenoxy) is 1. The molecule has 1 aromatic heterocycles. The van der Waals surface area contributed by atoms with Crippen LogP contribution in [0, 0.1) is 5.92 Å². The molecule has 2 aliphatic rings. The Hall–Kier alpha value is -0.800. The average molecular weight is 269 g/mol. The van der Waals surface area contributed by atoms with Gasteiger partial charge in [0, 0.05) is 12.2 Å². The largest absolute Gasteiger partial charge is 0.490 e. The van der Waals surface area contributed by atoms with E-state index in [1.165, 1.54) is 24.8 Å². The summed E-state index contributed by atoms with van der Waals surface area (Å²) in [7, 11) is 0. The Morgan fingerprint density at radius 2 is 2.28 bits per heavy atom. The summed E-state index contributed by atoms with van der Waals surface area (Å²) in [5.74, 6) is 2.54. The van der Waals surface area contributed by atoms with Crippen LogP contribution in [0.15, 0.2) is 18.5 Å². The highest BCUT2D eigenvalue weighted by Gasteiger charge is 2.36. The second-order valence-electron chi connectivity index (χ2n) is 5.22. The van der Waals surface area contributed by atoms with E-state index < -0.39 is 0 Å². The van der Waals surface area contributed by atoms with E-state index in [1.54, 1.807) is 0 Å². The van der Waals surface area contributed by atoms with Gasteiger partial charge in [0.25, 0.3) is 0 Å². The fraction of sp³-hybridized carbons (Fsp3) is 0.643. The smallest absolute Gasteiger partial charge is 0.137 e. The van der Waals surface area contributed by atoms with Gasteiger partial charge < -0.3 is 10.1 Å². The van der Waals surface area contributed by atoms with Gasteiger partial charge in [-0.05, 0) is 42.9 Å². The van der Waals surface area contributed by atoms with Gasteiger partial charge in [-0.3, -0.25) is 4.98 Å². The molecule has 0 spiro atoms. The van der Waals surface area contributed by atoms with Gasteiger partial charge in [0.1, 0.15) is 12.4 Å². The van der Waals surface area contributed by atoms with Crippen LogP contribution in [0.2, 0.25) is 0 Å². The molecule has 18 heavy (non-hydrogen) atoms. The first-order valence-corrected chi connectivity index (χ1v) is 6.68. The highest BCUT2D eigenvalue weighted by atomic mass is 35.5. The van der Waals surface area contributed by atoms with Crippen molar-refractivity contribution in [3.8, 4) is 5.75 Å². The minimum atomic E-state index is 0. The molecular formula is C14H21ClN2O. The maximum atomic E-state index is 5.77. The first-order chi connectivity index (χ1) is 8.36. The molecule has 3 nitrogen and oxygen atoms in total. The van der Waals surface area contributed by atoms with Crippen LogP contribution in [0.25, 0.3) is 0 Å². The summed E-state index contributed by atoms with van der Waals surface area (Å²) >= 11 is 0. The molecule has 0 bridgehead atoms. The van der Waals surface area contributed by atoms with Crippen LogP contribution in [0.4, 0.5) is 0 Å². The molecule has 1 aliphatic carbocycles. The van der Waals surface area contributed by atoms with Gasteiger partial charge >= 0.3 is 0 Å². The molecule has 1 aliphatic heterocycles. The van der Waals surface area contributed by atoms with Crippen LogP contribution in [-0.4, -0.2) is 24.2 Å². The predicted octanol–water partition coefficient (Wildman–Crippen LogP) is 2.76. The molecule has 1 aromatic rings. The highest BCUT2D eigenvalue weighted by molar-refractivity contribution is 5.85. The molecule has 0 aromatic carbocycles. The molecule has 100 valence electrons. The van der Waals surface area contributed by atoms with E-state index in [9.17, 15) is 0 Å². The van der Waals surface area contributed by atoms with Gasteiger partial charge in [-0.2, -0.15) is 0 Å². The van der Waals surface area contributed by atoms with E-state index in [2.05, 4.69) is 23.3 Å². The van der Waals surface area contributed by atoms with Crippen molar-refractivity contribution in [2.24, 2.45) is 5.92 Å². The normalized spacial score (nSPS) is 29.1. The summed E-state index contributed by atoms with van der Waals surface area (Å²) < 4.78 is 5.77. The van der Waals surface area contributed by atoms with Crippen molar-refractivity contribution < 1.29 is 4.74 Å². The average Bonchev–Trinajstić information content (AvgIpc) is 3.07. The molecule has 3 atom stereocenters. The summed E-state index contributed by atoms with van der Waals surface area (Å²) in [5, 5.41) is 3.34. The zero-order valence-electron chi connectivity index (χ0n) is 10.8. The zero-order chi connectivity index (χ0) is 11.7. The van der Waals surface area contributed by atoms with Gasteiger partial charge in [-0.25, -0.2) is 0 Å². The van der Waals surface area contributed by atoms with E-state index >= 15 is 0 Å². The van der Waals surface area contributed by atoms with Crippen molar-refractivity contribution in [2.45, 2.75) is 38.1 Å². The highest BCUT2D eigenvalue weighted by Crippen LogP contribution is 2.49. The van der Waals surface area contributed by atoms with Crippen LogP contribution in [0.1, 0.15) is 37.7 Å². The lowest BCUT2D eigenvalue weighted by Gasteiger charge is -2.27. The number of halogens is 1. The number of rotatable bonds is 5. The molecule has 0 amide bonds. The number of pyridine rings is 1. The molecule has 0 unspecified atom stereocenters. The van der Waals surface area contributed by atoms with Gasteiger partial charge in [0.05, 0.1) is 6.20 Å². The fourth-order valence-electron chi connectivity index (χ4n) is 2.51. The Morgan fingerprint density at radius 1 is 1.44 bits per heavy atom. The van der Waals surface area contributed by atoms with E-state index in [0.29, 0.717) is 6.04 Å². The van der Waals surface area contributed by atoms with Crippen LogP contribution in [-0.2, 0) is 0 Å². The number of nitrogens with zero attached hydrogens (tertiary/aromatic N) is 1. The Bertz CT molecular complexity index is 395. The van der Waals surface area contributed by atoms with Crippen molar-refractivity contribution in [3.63, 3.8) is 0 Å². The second-order valence-corrected chi connectivity index (χ2v) is 5.22. The third-order valence-electron chi connectivity index (χ3n) is 3.99. The maximum absolute atomic E-state index is 5.77. The molecule has 1 saturated heterocycles. The quantitative estimate of drug-likeness (QED) is 0.892. The van der Waals surface area contributed by atoms with E-state index in [1.807, 2.05) is 12.4 Å². The van der Waals surface area contributed by atoms with Gasteiger partial charge in [0.15, 0.2) is 0 Å². The minimum absolute atomic E-state index is 0. The number of nitrogens with one attached hydrogen (secondary N) is 1. The summed E-state index contributed by atoms with van der Waals surface area (Å²) in [6, 6.07) is 2.72. The molecule has 3 rings (SSSR count). The predicted molar refractivity (Wildman–Crippen MR) is 74.5 cm³/mol. The SMILES string of the molecule is CC[C@@H]1C[C@H]1c1cncc(OC[C@@H]2CCN2)c1.Cl. The molecule has 1 saturated carbocycles. The minimum Gasteiger partial charge on any atom is -0.490 e. The van der Waals surface area contributed by atoms with Gasteiger partial charge in [-0.1, -0.05) is 13.3 Å². The summed E-state index contributed by atoms with van der Waals surface area (Å²) in [6.45, 7) is 4.17. The number of hydrogen-bond acceptors (Lipinski definition) is 3. The van der Waals surface area contributed by atoms with Crippen molar-refractivity contribution in [3.05, 3.63) is 24.0 Å². The van der Waals surface area contributed by atoms with Crippen molar-refractivity contribution in [1.29, 1.82) is 0 Å². The monoisotopic (exact) mass is 268 g/mol. The van der Waals surface area contributed by atoms with Gasteiger partial charge in [-0.15, -0.1) is 12.4 Å². The van der Waals surface area contributed by atoms with Crippen molar-refractivity contribution in [1.82, 2.24) is 10.3 Å². The standard InChI is InChI=1S/C14H20N2O.ClH/c1-2-10-6-14(10)11-5-13(8-15-7-11)17-9-12-3-4-16-12;/h5,7-8,10,12,14,16H,2-4,6,9H2,1H3;1H/t10-,12+,14-;/m1./s1. The zero-order valence-corrected chi connectivity index (χ0v) is 11.6. The molecule has 2 heterocycles. The fourth-order valence-corrected chi connectivity index (χ4v) is 2.51. The Balaban J connectivity index is 0.00000120. The summed E-state index contributed by atoms with van der Waals surface area (Å²) in [4.78, 5) is 4.29. The van der Waals surface area contributed by atoms with E-state index in [4.69, 9.17) is 4.74 Å². The molecular weight excluding hydrogens is 248 g/mol. The number of hydrogen-bond donors (Lipinski definition) is 1. The third kappa shape index (κ3) is 2.96. The maximum Gasteiger partial charge on any atom is 0.137 e. The molecule has 2 fully saturated rings. The first-order valence-electron chi connectivity index (χ1n) is 6.68. The van der Waals surface area contributed by atoms with Gasteiger partial charge in [0.2, 0.25) is 0 Å². The molecule has 4 heteroatoms.